The average Bonchev–Trinajstić information content (AvgIpc) is 2.48. The van der Waals surface area contributed by atoms with Crippen molar-refractivity contribution in [2.75, 3.05) is 5.32 Å². The van der Waals surface area contributed by atoms with Gasteiger partial charge in [0, 0.05) is 12.1 Å². The Morgan fingerprint density at radius 3 is 2.71 bits per heavy atom. The molecule has 0 atom stereocenters. The molecule has 7 heteroatoms. The van der Waals surface area contributed by atoms with Crippen LogP contribution in [-0.2, 0) is 4.79 Å². The number of nitrogens with zero attached hydrogens (tertiary/aromatic N) is 2. The molecule has 0 unspecified atom stereocenters. The fraction of sp³-hybridized carbons (Fsp3) is 0. The lowest BCUT2D eigenvalue weighted by molar-refractivity contribution is -0.385. The largest absolute Gasteiger partial charge is 0.307 e. The standard InChI is InChI=1S/C14H10FN3O3/c15-11-6-7-13(16-9-11)17-14(19)8-5-10-3-1-2-4-12(10)18(20)21/h1-9H,(H,16,17,19)/b8-5+. The summed E-state index contributed by atoms with van der Waals surface area (Å²) in [6.07, 6.45) is 3.45. The average molecular weight is 287 g/mol. The van der Waals surface area contributed by atoms with Crippen molar-refractivity contribution in [3.8, 4) is 0 Å². The molecule has 0 aliphatic rings. The molecule has 106 valence electrons. The molecule has 0 saturated heterocycles. The van der Waals surface area contributed by atoms with Gasteiger partial charge in [0.05, 0.1) is 16.7 Å². The van der Waals surface area contributed by atoms with Crippen molar-refractivity contribution in [1.82, 2.24) is 4.98 Å². The number of nitro groups is 1. The Morgan fingerprint density at radius 2 is 2.05 bits per heavy atom. The third-order valence-electron chi connectivity index (χ3n) is 2.53. The molecule has 1 aromatic carbocycles. The Morgan fingerprint density at radius 1 is 1.29 bits per heavy atom. The molecule has 0 spiro atoms. The quantitative estimate of drug-likeness (QED) is 0.532. The first-order valence-corrected chi connectivity index (χ1v) is 5.90. The molecule has 0 fully saturated rings. The van der Waals surface area contributed by atoms with E-state index in [0.717, 1.165) is 18.3 Å². The number of hydrogen-bond acceptors (Lipinski definition) is 4. The summed E-state index contributed by atoms with van der Waals surface area (Å²) in [5.41, 5.74) is 0.214. The summed E-state index contributed by atoms with van der Waals surface area (Å²) in [4.78, 5) is 25.6. The summed E-state index contributed by atoms with van der Waals surface area (Å²) >= 11 is 0. The van der Waals surface area contributed by atoms with Gasteiger partial charge >= 0.3 is 0 Å². The summed E-state index contributed by atoms with van der Waals surface area (Å²) in [7, 11) is 0. The summed E-state index contributed by atoms with van der Waals surface area (Å²) in [5, 5.41) is 13.2. The zero-order chi connectivity index (χ0) is 15.2. The molecule has 0 radical (unpaired) electrons. The van der Waals surface area contributed by atoms with Crippen LogP contribution in [0.25, 0.3) is 6.08 Å². The molecular formula is C14H10FN3O3. The maximum atomic E-state index is 12.7. The number of hydrogen-bond donors (Lipinski definition) is 1. The van der Waals surface area contributed by atoms with Crippen LogP contribution in [0.2, 0.25) is 0 Å². The maximum absolute atomic E-state index is 12.7. The Kier molecular flexibility index (Phi) is 4.35. The fourth-order valence-electron chi connectivity index (χ4n) is 1.58. The number of nitro benzene ring substituents is 1. The van der Waals surface area contributed by atoms with Crippen molar-refractivity contribution in [2.24, 2.45) is 0 Å². The van der Waals surface area contributed by atoms with Crippen LogP contribution in [0.5, 0.6) is 0 Å². The zero-order valence-electron chi connectivity index (χ0n) is 10.7. The maximum Gasteiger partial charge on any atom is 0.276 e. The van der Waals surface area contributed by atoms with E-state index in [1.807, 2.05) is 0 Å². The minimum atomic E-state index is -0.529. The molecule has 1 N–H and O–H groups in total. The van der Waals surface area contributed by atoms with Crippen LogP contribution in [-0.4, -0.2) is 15.8 Å². The van der Waals surface area contributed by atoms with E-state index >= 15 is 0 Å². The van der Waals surface area contributed by atoms with Crippen molar-refractivity contribution in [3.05, 3.63) is 70.2 Å². The van der Waals surface area contributed by atoms with Crippen molar-refractivity contribution < 1.29 is 14.1 Å². The second-order valence-electron chi connectivity index (χ2n) is 4.00. The van der Waals surface area contributed by atoms with E-state index < -0.39 is 16.6 Å². The second-order valence-corrected chi connectivity index (χ2v) is 4.00. The molecule has 2 rings (SSSR count). The molecule has 0 saturated carbocycles. The van der Waals surface area contributed by atoms with Crippen LogP contribution < -0.4 is 5.32 Å². The van der Waals surface area contributed by atoms with E-state index in [4.69, 9.17) is 0 Å². The first-order chi connectivity index (χ1) is 10.1. The van der Waals surface area contributed by atoms with Gasteiger partial charge in [0.25, 0.3) is 5.69 Å². The minimum absolute atomic E-state index is 0.0959. The summed E-state index contributed by atoms with van der Waals surface area (Å²) < 4.78 is 12.7. The molecule has 0 bridgehead atoms. The Balaban J connectivity index is 2.09. The Bertz CT molecular complexity index is 699. The van der Waals surface area contributed by atoms with Gasteiger partial charge in [0.15, 0.2) is 0 Å². The monoisotopic (exact) mass is 287 g/mol. The first-order valence-electron chi connectivity index (χ1n) is 5.90. The summed E-state index contributed by atoms with van der Waals surface area (Å²) in [6, 6.07) is 8.52. The first kappa shape index (κ1) is 14.3. The number of aromatic nitrogens is 1. The van der Waals surface area contributed by atoms with Crippen LogP contribution in [0.1, 0.15) is 5.56 Å². The smallest absolute Gasteiger partial charge is 0.276 e. The minimum Gasteiger partial charge on any atom is -0.307 e. The number of anilines is 1. The van der Waals surface area contributed by atoms with E-state index in [1.165, 1.54) is 30.3 Å². The lowest BCUT2D eigenvalue weighted by Crippen LogP contribution is -2.09. The number of carbonyl (C=O) groups excluding carboxylic acids is 1. The normalized spacial score (nSPS) is 10.5. The van der Waals surface area contributed by atoms with Crippen molar-refractivity contribution in [1.29, 1.82) is 0 Å². The van der Waals surface area contributed by atoms with Gasteiger partial charge in [-0.05, 0) is 24.3 Å². The van der Waals surface area contributed by atoms with E-state index in [-0.39, 0.29) is 11.5 Å². The van der Waals surface area contributed by atoms with Gasteiger partial charge in [-0.2, -0.15) is 0 Å². The SMILES string of the molecule is O=C(/C=C/c1ccccc1[N+](=O)[O-])Nc1ccc(F)cn1. The third kappa shape index (κ3) is 3.93. The van der Waals surface area contributed by atoms with Crippen molar-refractivity contribution in [2.45, 2.75) is 0 Å². The second kappa shape index (κ2) is 6.38. The molecular weight excluding hydrogens is 277 g/mol. The van der Waals surface area contributed by atoms with Gasteiger partial charge in [0.1, 0.15) is 11.6 Å². The van der Waals surface area contributed by atoms with Crippen LogP contribution >= 0.6 is 0 Å². The summed E-state index contributed by atoms with van der Waals surface area (Å²) in [5.74, 6) is -0.843. The van der Waals surface area contributed by atoms with Crippen LogP contribution in [0, 0.1) is 15.9 Å². The highest BCUT2D eigenvalue weighted by atomic mass is 19.1. The highest BCUT2D eigenvalue weighted by molar-refractivity contribution is 6.01. The number of halogens is 1. The van der Waals surface area contributed by atoms with E-state index in [9.17, 15) is 19.3 Å². The van der Waals surface area contributed by atoms with Crippen LogP contribution in [0.4, 0.5) is 15.9 Å². The highest BCUT2D eigenvalue weighted by Crippen LogP contribution is 2.18. The Labute approximate surface area is 119 Å². The molecule has 6 nitrogen and oxygen atoms in total. The zero-order valence-corrected chi connectivity index (χ0v) is 10.7. The van der Waals surface area contributed by atoms with Crippen LogP contribution in [0.15, 0.2) is 48.7 Å². The fourth-order valence-corrected chi connectivity index (χ4v) is 1.58. The predicted octanol–water partition coefficient (Wildman–Crippen LogP) is 2.78. The van der Waals surface area contributed by atoms with Crippen molar-refractivity contribution >= 4 is 23.5 Å². The summed E-state index contributed by atoms with van der Waals surface area (Å²) in [6.45, 7) is 0. The number of nitrogens with one attached hydrogen (secondary N) is 1. The molecule has 21 heavy (non-hydrogen) atoms. The lowest BCUT2D eigenvalue weighted by atomic mass is 10.1. The molecule has 2 aromatic rings. The number of carbonyl (C=O) groups is 1. The van der Waals surface area contributed by atoms with Gasteiger partial charge in [0.2, 0.25) is 5.91 Å². The molecule has 0 aliphatic carbocycles. The van der Waals surface area contributed by atoms with Gasteiger partial charge < -0.3 is 5.32 Å². The van der Waals surface area contributed by atoms with Gasteiger partial charge in [-0.25, -0.2) is 9.37 Å². The number of benzene rings is 1. The Hall–Kier alpha value is -3.09. The third-order valence-corrected chi connectivity index (χ3v) is 2.53. The highest BCUT2D eigenvalue weighted by Gasteiger charge is 2.09. The number of rotatable bonds is 4. The molecule has 1 amide bonds. The predicted molar refractivity (Wildman–Crippen MR) is 75.0 cm³/mol. The van der Waals surface area contributed by atoms with Crippen molar-refractivity contribution in [3.63, 3.8) is 0 Å². The molecule has 1 heterocycles. The number of para-hydroxylation sites is 1. The van der Waals surface area contributed by atoms with Crippen LogP contribution in [0.3, 0.4) is 0 Å². The van der Waals surface area contributed by atoms with E-state index in [1.54, 1.807) is 6.07 Å². The topological polar surface area (TPSA) is 85.1 Å². The van der Waals surface area contributed by atoms with Gasteiger partial charge in [-0.3, -0.25) is 14.9 Å². The van der Waals surface area contributed by atoms with Gasteiger partial charge in [-0.1, -0.05) is 12.1 Å². The molecule has 1 aromatic heterocycles. The van der Waals surface area contributed by atoms with Gasteiger partial charge in [-0.15, -0.1) is 0 Å². The van der Waals surface area contributed by atoms with E-state index in [0.29, 0.717) is 5.56 Å². The van der Waals surface area contributed by atoms with E-state index in [2.05, 4.69) is 10.3 Å². The number of amides is 1. The molecule has 0 aliphatic heterocycles. The lowest BCUT2D eigenvalue weighted by Gasteiger charge is -2.00. The number of pyridine rings is 1.